The first-order valence-corrected chi connectivity index (χ1v) is 6.45. The van der Waals surface area contributed by atoms with Gasteiger partial charge >= 0.3 is 5.97 Å². The van der Waals surface area contributed by atoms with Crippen LogP contribution in [0.15, 0.2) is 24.3 Å². The van der Waals surface area contributed by atoms with E-state index in [2.05, 4.69) is 5.32 Å². The van der Waals surface area contributed by atoms with Crippen LogP contribution in [0.4, 0.5) is 18.9 Å². The average Bonchev–Trinajstić information content (AvgIpc) is 2.79. The molecule has 1 aromatic carbocycles. The number of rotatable bonds is 5. The summed E-state index contributed by atoms with van der Waals surface area (Å²) in [5, 5.41) is 11.3. The van der Waals surface area contributed by atoms with Crippen molar-refractivity contribution in [1.29, 1.82) is 0 Å². The van der Waals surface area contributed by atoms with Crippen LogP contribution < -0.4 is 5.32 Å². The number of benzene rings is 1. The molecular formula is C13H10F3NO2S. The molecule has 3 nitrogen and oxygen atoms in total. The Kier molecular flexibility index (Phi) is 4.29. The lowest BCUT2D eigenvalue weighted by Crippen LogP contribution is -2.01. The molecule has 20 heavy (non-hydrogen) atoms. The number of thiophene rings is 1. The molecule has 0 spiro atoms. The van der Waals surface area contributed by atoms with Crippen LogP contribution >= 0.6 is 11.3 Å². The zero-order chi connectivity index (χ0) is 14.7. The minimum atomic E-state index is -1.24. The molecule has 1 heterocycles. The van der Waals surface area contributed by atoms with E-state index in [0.29, 0.717) is 10.9 Å². The highest BCUT2D eigenvalue weighted by Gasteiger charge is 2.10. The molecule has 0 fully saturated rings. The summed E-state index contributed by atoms with van der Waals surface area (Å²) in [6.45, 7) is 0.201. The Morgan fingerprint density at radius 2 is 1.75 bits per heavy atom. The molecule has 2 aromatic rings. The van der Waals surface area contributed by atoms with Crippen molar-refractivity contribution in [3.05, 3.63) is 51.5 Å². The number of carboxylic acid groups (broad SMARTS) is 1. The van der Waals surface area contributed by atoms with Crippen molar-refractivity contribution >= 4 is 23.0 Å². The number of carboxylic acids is 1. The summed E-state index contributed by atoms with van der Waals surface area (Å²) >= 11 is 1.26. The number of hydrogen-bond acceptors (Lipinski definition) is 3. The van der Waals surface area contributed by atoms with Gasteiger partial charge in [0.1, 0.15) is 5.82 Å². The van der Waals surface area contributed by atoms with Crippen molar-refractivity contribution in [3.63, 3.8) is 0 Å². The minimum Gasteiger partial charge on any atom is -0.481 e. The molecular weight excluding hydrogens is 291 g/mol. The first-order chi connectivity index (χ1) is 9.45. The maximum absolute atomic E-state index is 13.4. The van der Waals surface area contributed by atoms with Crippen LogP contribution in [0.5, 0.6) is 0 Å². The highest BCUT2D eigenvalue weighted by atomic mass is 32.1. The van der Waals surface area contributed by atoms with Crippen molar-refractivity contribution in [1.82, 2.24) is 0 Å². The first-order valence-electron chi connectivity index (χ1n) is 5.63. The molecule has 0 aliphatic rings. The van der Waals surface area contributed by atoms with E-state index in [1.165, 1.54) is 11.3 Å². The van der Waals surface area contributed by atoms with Gasteiger partial charge in [0.05, 0.1) is 12.1 Å². The third kappa shape index (κ3) is 3.51. The fraction of sp³-hybridized carbons (Fsp3) is 0.154. The highest BCUT2D eigenvalue weighted by molar-refractivity contribution is 7.12. The minimum absolute atomic E-state index is 0.0792. The van der Waals surface area contributed by atoms with Crippen LogP contribution in [0.25, 0.3) is 0 Å². The molecule has 106 valence electrons. The summed E-state index contributed by atoms with van der Waals surface area (Å²) in [5.41, 5.74) is -0.142. The maximum atomic E-state index is 13.4. The van der Waals surface area contributed by atoms with Crippen LogP contribution in [0, 0.1) is 17.5 Å². The molecule has 0 atom stereocenters. The summed E-state index contributed by atoms with van der Waals surface area (Å²) in [6, 6.07) is 4.59. The Hall–Kier alpha value is -2.02. The predicted octanol–water partition coefficient (Wildman–Crippen LogP) is 3.40. The van der Waals surface area contributed by atoms with Gasteiger partial charge in [-0.2, -0.15) is 0 Å². The monoisotopic (exact) mass is 301 g/mol. The molecule has 7 heteroatoms. The smallest absolute Gasteiger partial charge is 0.308 e. The Morgan fingerprint density at radius 3 is 2.45 bits per heavy atom. The number of nitrogens with one attached hydrogen (secondary N) is 1. The Bertz CT molecular complexity index is 643. The molecule has 0 amide bonds. The van der Waals surface area contributed by atoms with E-state index in [-0.39, 0.29) is 18.7 Å². The quantitative estimate of drug-likeness (QED) is 0.832. The third-order valence-electron chi connectivity index (χ3n) is 2.51. The van der Waals surface area contributed by atoms with E-state index in [0.717, 1.165) is 10.9 Å². The molecule has 0 bridgehead atoms. The molecule has 0 saturated heterocycles. The van der Waals surface area contributed by atoms with Crippen molar-refractivity contribution < 1.29 is 23.1 Å². The van der Waals surface area contributed by atoms with Crippen molar-refractivity contribution in [2.45, 2.75) is 13.0 Å². The van der Waals surface area contributed by atoms with E-state index >= 15 is 0 Å². The lowest BCUT2D eigenvalue weighted by atomic mass is 10.2. The van der Waals surface area contributed by atoms with Gasteiger partial charge in [0.25, 0.3) is 0 Å². The lowest BCUT2D eigenvalue weighted by Gasteiger charge is -2.06. The van der Waals surface area contributed by atoms with Crippen LogP contribution in [-0.2, 0) is 17.8 Å². The number of carbonyl (C=O) groups is 1. The standard InChI is InChI=1S/C13H10F3NO2S/c14-9-4-11(16)12(5-10(9)15)17-6-8-2-1-7(20-8)3-13(18)19/h1-2,4-5,17H,3,6H2,(H,18,19). The SMILES string of the molecule is O=C(O)Cc1ccc(CNc2cc(F)c(F)cc2F)s1. The summed E-state index contributed by atoms with van der Waals surface area (Å²) < 4.78 is 39.1. The van der Waals surface area contributed by atoms with Crippen molar-refractivity contribution in [2.75, 3.05) is 5.32 Å². The predicted molar refractivity (Wildman–Crippen MR) is 69.3 cm³/mol. The molecule has 0 radical (unpaired) electrons. The molecule has 0 aliphatic carbocycles. The lowest BCUT2D eigenvalue weighted by molar-refractivity contribution is -0.136. The van der Waals surface area contributed by atoms with E-state index in [4.69, 9.17) is 5.11 Å². The maximum Gasteiger partial charge on any atom is 0.308 e. The van der Waals surface area contributed by atoms with Crippen LogP contribution in [0.3, 0.4) is 0 Å². The van der Waals surface area contributed by atoms with E-state index in [9.17, 15) is 18.0 Å². The van der Waals surface area contributed by atoms with E-state index in [1.807, 2.05) is 0 Å². The molecule has 1 aromatic heterocycles. The van der Waals surface area contributed by atoms with Crippen LogP contribution in [-0.4, -0.2) is 11.1 Å². The largest absolute Gasteiger partial charge is 0.481 e. The van der Waals surface area contributed by atoms with Gasteiger partial charge in [-0.3, -0.25) is 4.79 Å². The summed E-state index contributed by atoms with van der Waals surface area (Å²) in [6.07, 6.45) is -0.0792. The topological polar surface area (TPSA) is 49.3 Å². The average molecular weight is 301 g/mol. The zero-order valence-corrected chi connectivity index (χ0v) is 10.9. The van der Waals surface area contributed by atoms with Crippen LogP contribution in [0.1, 0.15) is 9.75 Å². The van der Waals surface area contributed by atoms with Gasteiger partial charge in [0.2, 0.25) is 0 Å². The molecule has 0 unspecified atom stereocenters. The van der Waals surface area contributed by atoms with Gasteiger partial charge < -0.3 is 10.4 Å². The van der Waals surface area contributed by atoms with Gasteiger partial charge in [-0.05, 0) is 12.1 Å². The Morgan fingerprint density at radius 1 is 1.10 bits per heavy atom. The highest BCUT2D eigenvalue weighted by Crippen LogP contribution is 2.22. The second-order valence-electron chi connectivity index (χ2n) is 4.04. The number of hydrogen-bond donors (Lipinski definition) is 2. The van der Waals surface area contributed by atoms with E-state index < -0.39 is 23.4 Å². The molecule has 0 saturated carbocycles. The second kappa shape index (κ2) is 5.96. The fourth-order valence-electron chi connectivity index (χ4n) is 1.60. The summed E-state index contributed by atoms with van der Waals surface area (Å²) in [4.78, 5) is 12.0. The molecule has 2 N–H and O–H groups in total. The van der Waals surface area contributed by atoms with Gasteiger partial charge in [-0.1, -0.05) is 0 Å². The van der Waals surface area contributed by atoms with Crippen molar-refractivity contribution in [3.8, 4) is 0 Å². The zero-order valence-electron chi connectivity index (χ0n) is 10.1. The normalized spacial score (nSPS) is 10.6. The summed E-state index contributed by atoms with van der Waals surface area (Å²) in [7, 11) is 0. The number of aliphatic carboxylic acids is 1. The molecule has 2 rings (SSSR count). The van der Waals surface area contributed by atoms with Gasteiger partial charge in [0, 0.05) is 28.4 Å². The van der Waals surface area contributed by atoms with Crippen molar-refractivity contribution in [2.24, 2.45) is 0 Å². The number of halogens is 3. The Labute approximate surface area is 116 Å². The van der Waals surface area contributed by atoms with E-state index in [1.54, 1.807) is 12.1 Å². The third-order valence-corrected chi connectivity index (χ3v) is 3.59. The second-order valence-corrected chi connectivity index (χ2v) is 5.29. The summed E-state index contributed by atoms with van der Waals surface area (Å²) in [5.74, 6) is -4.19. The van der Waals surface area contributed by atoms with Gasteiger partial charge in [0.15, 0.2) is 11.6 Å². The molecule has 0 aliphatic heterocycles. The van der Waals surface area contributed by atoms with Crippen LogP contribution in [0.2, 0.25) is 0 Å². The van der Waals surface area contributed by atoms with Gasteiger partial charge in [-0.25, -0.2) is 13.2 Å². The van der Waals surface area contributed by atoms with Gasteiger partial charge in [-0.15, -0.1) is 11.3 Å². The number of anilines is 1. The Balaban J connectivity index is 2.03. The fourth-order valence-corrected chi connectivity index (χ4v) is 2.55. The first kappa shape index (κ1) is 14.4.